The van der Waals surface area contributed by atoms with Gasteiger partial charge in [0.1, 0.15) is 11.0 Å². The predicted octanol–water partition coefficient (Wildman–Crippen LogP) is 0.442. The van der Waals surface area contributed by atoms with Crippen molar-refractivity contribution in [3.8, 4) is 0 Å². The number of hydrogen-bond acceptors (Lipinski definition) is 6. The molecule has 1 aromatic rings. The van der Waals surface area contributed by atoms with Gasteiger partial charge < -0.3 is 5.11 Å². The van der Waals surface area contributed by atoms with E-state index >= 15 is 0 Å². The van der Waals surface area contributed by atoms with Crippen molar-refractivity contribution in [1.29, 1.82) is 0 Å². The van der Waals surface area contributed by atoms with Crippen LogP contribution in [0.3, 0.4) is 0 Å². The number of carboxylic acids is 1. The van der Waals surface area contributed by atoms with Gasteiger partial charge in [0, 0.05) is 6.54 Å². The van der Waals surface area contributed by atoms with E-state index in [2.05, 4.69) is 14.9 Å². The third kappa shape index (κ3) is 3.19. The highest BCUT2D eigenvalue weighted by Gasteiger charge is 2.37. The summed E-state index contributed by atoms with van der Waals surface area (Å²) in [5, 5.41) is 17.2. The Labute approximate surface area is 114 Å². The first-order valence-corrected chi connectivity index (χ1v) is 7.98. The van der Waals surface area contributed by atoms with Crippen molar-refractivity contribution in [2.24, 2.45) is 0 Å². The molecule has 0 aromatic carbocycles. The monoisotopic (exact) mass is 306 g/mol. The molecule has 1 unspecified atom stereocenters. The van der Waals surface area contributed by atoms with Crippen LogP contribution in [0, 0.1) is 6.92 Å². The molecule has 10 heteroatoms. The number of aromatic nitrogens is 2. The van der Waals surface area contributed by atoms with Gasteiger partial charge in [0.25, 0.3) is 0 Å². The minimum atomic E-state index is -3.91. The van der Waals surface area contributed by atoms with E-state index in [-0.39, 0.29) is 11.7 Å². The van der Waals surface area contributed by atoms with Crippen molar-refractivity contribution in [2.75, 3.05) is 11.3 Å². The van der Waals surface area contributed by atoms with Crippen molar-refractivity contribution >= 4 is 32.6 Å². The molecule has 1 aromatic heterocycles. The first-order valence-electron chi connectivity index (χ1n) is 5.72. The molecule has 0 saturated carbocycles. The topological polar surface area (TPSA) is 112 Å². The lowest BCUT2D eigenvalue weighted by molar-refractivity contribution is -0.142. The van der Waals surface area contributed by atoms with Gasteiger partial charge in [0.15, 0.2) is 0 Å². The number of rotatable bonds is 4. The summed E-state index contributed by atoms with van der Waals surface area (Å²) < 4.78 is 27.6. The van der Waals surface area contributed by atoms with Gasteiger partial charge in [-0.3, -0.25) is 4.79 Å². The highest BCUT2D eigenvalue weighted by molar-refractivity contribution is 7.90. The van der Waals surface area contributed by atoms with Gasteiger partial charge in [-0.05, 0) is 26.2 Å². The Hall–Kier alpha value is -1.26. The summed E-state index contributed by atoms with van der Waals surface area (Å²) in [6.45, 7) is 1.90. The average Bonchev–Trinajstić information content (AvgIpc) is 2.74. The fourth-order valence-corrected chi connectivity index (χ4v) is 4.15. The minimum absolute atomic E-state index is 0.146. The van der Waals surface area contributed by atoms with E-state index in [0.29, 0.717) is 24.3 Å². The summed E-state index contributed by atoms with van der Waals surface area (Å²) in [6.07, 6.45) is 1.69. The number of nitrogens with zero attached hydrogens (tertiary/aromatic N) is 3. The first kappa shape index (κ1) is 14.2. The van der Waals surface area contributed by atoms with Crippen LogP contribution < -0.4 is 4.72 Å². The number of carbonyl (C=O) groups is 1. The Morgan fingerprint density at radius 2 is 2.21 bits per heavy atom. The van der Waals surface area contributed by atoms with Gasteiger partial charge in [-0.2, -0.15) is 12.7 Å². The molecule has 1 atom stereocenters. The first-order chi connectivity index (χ1) is 8.90. The molecular weight excluding hydrogens is 292 g/mol. The molecule has 1 aliphatic heterocycles. The van der Waals surface area contributed by atoms with Gasteiger partial charge in [-0.15, -0.1) is 10.2 Å². The van der Waals surface area contributed by atoms with Crippen LogP contribution in [0.5, 0.6) is 0 Å². The maximum Gasteiger partial charge on any atom is 0.322 e. The molecule has 2 rings (SSSR count). The number of aryl methyl sites for hydroxylation is 1. The summed E-state index contributed by atoms with van der Waals surface area (Å²) in [6, 6.07) is -1.01. The molecular formula is C9H14N4O4S2. The van der Waals surface area contributed by atoms with Crippen LogP contribution in [0.15, 0.2) is 0 Å². The zero-order chi connectivity index (χ0) is 14.0. The largest absolute Gasteiger partial charge is 0.480 e. The predicted molar refractivity (Wildman–Crippen MR) is 69.2 cm³/mol. The highest BCUT2D eigenvalue weighted by atomic mass is 32.2. The van der Waals surface area contributed by atoms with Gasteiger partial charge in [0.2, 0.25) is 5.13 Å². The van der Waals surface area contributed by atoms with Crippen molar-refractivity contribution in [2.45, 2.75) is 32.2 Å². The van der Waals surface area contributed by atoms with E-state index in [1.54, 1.807) is 6.92 Å². The van der Waals surface area contributed by atoms with Crippen LogP contribution in [0.2, 0.25) is 0 Å². The molecule has 0 radical (unpaired) electrons. The molecule has 0 spiro atoms. The normalized spacial score (nSPS) is 21.2. The number of aliphatic carboxylic acids is 1. The Morgan fingerprint density at radius 1 is 1.47 bits per heavy atom. The Bertz CT molecular complexity index is 571. The van der Waals surface area contributed by atoms with E-state index in [1.807, 2.05) is 0 Å². The minimum Gasteiger partial charge on any atom is -0.480 e. The summed E-state index contributed by atoms with van der Waals surface area (Å²) in [4.78, 5) is 11.1. The SMILES string of the molecule is Cc1nnc(NS(=O)(=O)N2CCCCC2C(=O)O)s1. The van der Waals surface area contributed by atoms with Gasteiger partial charge in [-0.25, -0.2) is 4.72 Å². The molecule has 2 heterocycles. The standard InChI is InChI=1S/C9H14N4O4S2/c1-6-10-11-9(18-6)12-19(16,17)13-5-3-2-4-7(13)8(14)15/h7H,2-5H2,1H3,(H,11,12)(H,14,15). The van der Waals surface area contributed by atoms with Crippen LogP contribution in [0.4, 0.5) is 5.13 Å². The number of nitrogens with one attached hydrogen (secondary N) is 1. The molecule has 1 saturated heterocycles. The van der Waals surface area contributed by atoms with E-state index in [9.17, 15) is 13.2 Å². The second-order valence-corrected chi connectivity index (χ2v) is 7.00. The smallest absolute Gasteiger partial charge is 0.322 e. The van der Waals surface area contributed by atoms with E-state index < -0.39 is 22.2 Å². The fourth-order valence-electron chi connectivity index (χ4n) is 1.95. The van der Waals surface area contributed by atoms with Gasteiger partial charge >= 0.3 is 16.2 Å². The average molecular weight is 306 g/mol. The van der Waals surface area contributed by atoms with Crippen LogP contribution >= 0.6 is 11.3 Å². The Kier molecular flexibility index (Phi) is 4.02. The zero-order valence-electron chi connectivity index (χ0n) is 10.2. The number of anilines is 1. The third-order valence-electron chi connectivity index (χ3n) is 2.79. The zero-order valence-corrected chi connectivity index (χ0v) is 11.9. The highest BCUT2D eigenvalue weighted by Crippen LogP contribution is 2.23. The number of carboxylic acid groups (broad SMARTS) is 1. The third-order valence-corrected chi connectivity index (χ3v) is 5.18. The second-order valence-electron chi connectivity index (χ2n) is 4.19. The Morgan fingerprint density at radius 3 is 2.79 bits per heavy atom. The fraction of sp³-hybridized carbons (Fsp3) is 0.667. The van der Waals surface area contributed by atoms with Crippen molar-refractivity contribution < 1.29 is 18.3 Å². The van der Waals surface area contributed by atoms with Crippen molar-refractivity contribution in [3.05, 3.63) is 5.01 Å². The van der Waals surface area contributed by atoms with Gasteiger partial charge in [0.05, 0.1) is 0 Å². The molecule has 106 valence electrons. The quantitative estimate of drug-likeness (QED) is 0.834. The van der Waals surface area contributed by atoms with Crippen molar-refractivity contribution in [3.63, 3.8) is 0 Å². The lowest BCUT2D eigenvalue weighted by atomic mass is 10.1. The van der Waals surface area contributed by atoms with Crippen LogP contribution in [0.1, 0.15) is 24.3 Å². The van der Waals surface area contributed by atoms with E-state index in [1.165, 1.54) is 0 Å². The lowest BCUT2D eigenvalue weighted by Gasteiger charge is -2.31. The summed E-state index contributed by atoms with van der Waals surface area (Å²) in [5.41, 5.74) is 0. The Balaban J connectivity index is 2.19. The van der Waals surface area contributed by atoms with Crippen molar-refractivity contribution in [1.82, 2.24) is 14.5 Å². The number of piperidine rings is 1. The number of hydrogen-bond donors (Lipinski definition) is 2. The lowest BCUT2D eigenvalue weighted by Crippen LogP contribution is -2.49. The van der Waals surface area contributed by atoms with Crippen LogP contribution in [0.25, 0.3) is 0 Å². The maximum atomic E-state index is 12.2. The molecule has 1 aliphatic rings. The van der Waals surface area contributed by atoms with Crippen LogP contribution in [-0.4, -0.2) is 46.6 Å². The molecule has 0 bridgehead atoms. The summed E-state index contributed by atoms with van der Waals surface area (Å²) >= 11 is 1.10. The van der Waals surface area contributed by atoms with Gasteiger partial charge in [-0.1, -0.05) is 11.3 Å². The maximum absolute atomic E-state index is 12.2. The molecule has 2 N–H and O–H groups in total. The molecule has 19 heavy (non-hydrogen) atoms. The molecule has 8 nitrogen and oxygen atoms in total. The van der Waals surface area contributed by atoms with E-state index in [4.69, 9.17) is 5.11 Å². The summed E-state index contributed by atoms with van der Waals surface area (Å²) in [5.74, 6) is -1.13. The molecule has 0 aliphatic carbocycles. The molecule has 1 fully saturated rings. The second kappa shape index (κ2) is 5.39. The summed E-state index contributed by atoms with van der Waals surface area (Å²) in [7, 11) is -3.91. The molecule has 0 amide bonds. The van der Waals surface area contributed by atoms with Crippen LogP contribution in [-0.2, 0) is 15.0 Å². The van der Waals surface area contributed by atoms with E-state index in [0.717, 1.165) is 15.6 Å².